The van der Waals surface area contributed by atoms with Gasteiger partial charge in [0.15, 0.2) is 0 Å². The van der Waals surface area contributed by atoms with Crippen LogP contribution in [0.1, 0.15) is 24.4 Å². The van der Waals surface area contributed by atoms with Gasteiger partial charge in [0.25, 0.3) is 0 Å². The Hall–Kier alpha value is -1.12. The number of hydrogen-bond acceptors (Lipinski definition) is 3. The summed E-state index contributed by atoms with van der Waals surface area (Å²) in [5.41, 5.74) is 1.01. The van der Waals surface area contributed by atoms with Crippen molar-refractivity contribution in [3.8, 4) is 0 Å². The van der Waals surface area contributed by atoms with Crippen molar-refractivity contribution in [3.05, 3.63) is 28.8 Å². The Morgan fingerprint density at radius 3 is 2.92 bits per heavy atom. The Morgan fingerprint density at radius 1 is 1.35 bits per heavy atom. The maximum Gasteiger partial charge on any atom is 0.401 e. The van der Waals surface area contributed by atoms with E-state index in [4.69, 9.17) is 11.6 Å². The average Bonchev–Trinajstić information content (AvgIpc) is 2.99. The quantitative estimate of drug-likeness (QED) is 0.791. The molecule has 144 valence electrons. The second-order valence-corrected chi connectivity index (χ2v) is 8.30. The predicted molar refractivity (Wildman–Crippen MR) is 96.7 cm³/mol. The molecular weight excluding hydrogens is 387 g/mol. The Kier molecular flexibility index (Phi) is 6.25. The van der Waals surface area contributed by atoms with Gasteiger partial charge in [0, 0.05) is 28.8 Å². The van der Waals surface area contributed by atoms with E-state index in [0.717, 1.165) is 22.6 Å². The van der Waals surface area contributed by atoms with Gasteiger partial charge in [-0.05, 0) is 49.1 Å². The number of nitrogens with one attached hydrogen (secondary N) is 2. The molecule has 0 bridgehead atoms. The average molecular weight is 408 g/mol. The van der Waals surface area contributed by atoms with Crippen LogP contribution in [0.3, 0.4) is 0 Å². The number of rotatable bonds is 4. The lowest BCUT2D eigenvalue weighted by atomic mass is 10.0. The summed E-state index contributed by atoms with van der Waals surface area (Å²) in [6, 6.07) is 5.28. The van der Waals surface area contributed by atoms with Gasteiger partial charge in [-0.25, -0.2) is 4.79 Å². The molecule has 0 aromatic heterocycles. The van der Waals surface area contributed by atoms with Gasteiger partial charge in [0.1, 0.15) is 0 Å². The standard InChI is InChI=1S/C17H21ClF3N3OS/c18-12-1-2-15-13(7-12)14(4-6-26-15)23-16(25)22-8-11-3-5-24(9-11)10-17(19,20)21/h1-2,7,11,14H,3-6,8-10H2,(H2,22,23,25)/t11-,14-/m0/s1. The zero-order valence-corrected chi connectivity index (χ0v) is 15.7. The Balaban J connectivity index is 1.47. The largest absolute Gasteiger partial charge is 0.401 e. The SMILES string of the molecule is O=C(NC[C@@H]1CCN(CC(F)(F)F)C1)N[C@H]1CCSc2ccc(Cl)cc21. The summed E-state index contributed by atoms with van der Waals surface area (Å²) in [6.07, 6.45) is -2.70. The van der Waals surface area contributed by atoms with Gasteiger partial charge in [0.2, 0.25) is 0 Å². The molecule has 2 amide bonds. The van der Waals surface area contributed by atoms with E-state index in [9.17, 15) is 18.0 Å². The Bertz CT molecular complexity index is 659. The van der Waals surface area contributed by atoms with E-state index >= 15 is 0 Å². The zero-order valence-electron chi connectivity index (χ0n) is 14.1. The van der Waals surface area contributed by atoms with Crippen LogP contribution in [0.15, 0.2) is 23.1 Å². The smallest absolute Gasteiger partial charge is 0.338 e. The molecule has 1 aromatic rings. The van der Waals surface area contributed by atoms with Crippen molar-refractivity contribution in [1.29, 1.82) is 0 Å². The van der Waals surface area contributed by atoms with Crippen molar-refractivity contribution in [2.75, 3.05) is 31.9 Å². The van der Waals surface area contributed by atoms with Crippen molar-refractivity contribution < 1.29 is 18.0 Å². The maximum atomic E-state index is 12.4. The maximum absolute atomic E-state index is 12.4. The lowest BCUT2D eigenvalue weighted by molar-refractivity contribution is -0.143. The minimum atomic E-state index is -4.17. The molecule has 0 unspecified atom stereocenters. The molecule has 1 fully saturated rings. The lowest BCUT2D eigenvalue weighted by Crippen LogP contribution is -2.41. The molecule has 9 heteroatoms. The summed E-state index contributed by atoms with van der Waals surface area (Å²) < 4.78 is 37.3. The van der Waals surface area contributed by atoms with Crippen LogP contribution >= 0.6 is 23.4 Å². The lowest BCUT2D eigenvalue weighted by Gasteiger charge is -2.26. The first-order chi connectivity index (χ1) is 12.3. The number of hydrogen-bond donors (Lipinski definition) is 2. The van der Waals surface area contributed by atoms with Gasteiger partial charge in [-0.3, -0.25) is 4.90 Å². The first-order valence-corrected chi connectivity index (χ1v) is 9.92. The molecule has 2 heterocycles. The third-order valence-electron chi connectivity index (χ3n) is 4.64. The first-order valence-electron chi connectivity index (χ1n) is 8.56. The van der Waals surface area contributed by atoms with Crippen molar-refractivity contribution in [3.63, 3.8) is 0 Å². The number of carbonyl (C=O) groups is 1. The number of fused-ring (bicyclic) bond motifs is 1. The number of halogens is 4. The normalized spacial score (nSPS) is 23.5. The van der Waals surface area contributed by atoms with E-state index < -0.39 is 12.7 Å². The van der Waals surface area contributed by atoms with E-state index in [1.54, 1.807) is 11.8 Å². The molecule has 2 aliphatic heterocycles. The number of likely N-dealkylation sites (tertiary alicyclic amines) is 1. The molecule has 26 heavy (non-hydrogen) atoms. The molecule has 0 aliphatic carbocycles. The van der Waals surface area contributed by atoms with Gasteiger partial charge in [-0.1, -0.05) is 11.6 Å². The second kappa shape index (κ2) is 8.27. The highest BCUT2D eigenvalue weighted by Gasteiger charge is 2.34. The van der Waals surface area contributed by atoms with Crippen molar-refractivity contribution in [1.82, 2.24) is 15.5 Å². The molecule has 4 nitrogen and oxygen atoms in total. The number of thioether (sulfide) groups is 1. The highest BCUT2D eigenvalue weighted by molar-refractivity contribution is 7.99. The molecule has 2 atom stereocenters. The molecule has 2 N–H and O–H groups in total. The van der Waals surface area contributed by atoms with E-state index in [1.165, 1.54) is 4.90 Å². The second-order valence-electron chi connectivity index (χ2n) is 6.73. The number of urea groups is 1. The fourth-order valence-electron chi connectivity index (χ4n) is 3.44. The molecule has 1 saturated heterocycles. The minimum absolute atomic E-state index is 0.0479. The van der Waals surface area contributed by atoms with Gasteiger partial charge in [-0.2, -0.15) is 13.2 Å². The number of alkyl halides is 3. The number of nitrogens with zero attached hydrogens (tertiary/aromatic N) is 1. The van der Waals surface area contributed by atoms with Crippen LogP contribution in [-0.2, 0) is 0 Å². The predicted octanol–water partition coefficient (Wildman–Crippen LogP) is 4.06. The van der Waals surface area contributed by atoms with E-state index in [1.807, 2.05) is 18.2 Å². The molecule has 0 spiro atoms. The zero-order chi connectivity index (χ0) is 18.7. The highest BCUT2D eigenvalue weighted by atomic mass is 35.5. The third-order valence-corrected chi connectivity index (χ3v) is 6.00. The summed E-state index contributed by atoms with van der Waals surface area (Å²) in [4.78, 5) is 14.7. The summed E-state index contributed by atoms with van der Waals surface area (Å²) >= 11 is 7.80. The fraction of sp³-hybridized carbons (Fsp3) is 0.588. The van der Waals surface area contributed by atoms with Crippen LogP contribution in [0, 0.1) is 5.92 Å². The monoisotopic (exact) mass is 407 g/mol. The summed E-state index contributed by atoms with van der Waals surface area (Å²) in [7, 11) is 0. The molecule has 1 aromatic carbocycles. The molecule has 2 aliphatic rings. The molecule has 0 saturated carbocycles. The van der Waals surface area contributed by atoms with E-state index in [-0.39, 0.29) is 18.0 Å². The first kappa shape index (κ1) is 19.6. The van der Waals surface area contributed by atoms with Gasteiger partial charge in [0.05, 0.1) is 12.6 Å². The number of benzene rings is 1. The van der Waals surface area contributed by atoms with Gasteiger partial charge < -0.3 is 10.6 Å². The summed E-state index contributed by atoms with van der Waals surface area (Å²) in [5, 5.41) is 6.40. The van der Waals surface area contributed by atoms with Crippen LogP contribution in [-0.4, -0.2) is 49.0 Å². The fourth-order valence-corrected chi connectivity index (χ4v) is 4.72. The van der Waals surface area contributed by atoms with Crippen LogP contribution in [0.5, 0.6) is 0 Å². The van der Waals surface area contributed by atoms with Gasteiger partial charge >= 0.3 is 12.2 Å². The third kappa shape index (κ3) is 5.44. The Labute approximate surface area is 159 Å². The van der Waals surface area contributed by atoms with Crippen molar-refractivity contribution >= 4 is 29.4 Å². The summed E-state index contributed by atoms with van der Waals surface area (Å²) in [5.74, 6) is 0.959. The van der Waals surface area contributed by atoms with Crippen LogP contribution in [0.25, 0.3) is 0 Å². The van der Waals surface area contributed by atoms with Crippen LogP contribution in [0.4, 0.5) is 18.0 Å². The minimum Gasteiger partial charge on any atom is -0.338 e. The number of carbonyl (C=O) groups excluding carboxylic acids is 1. The Morgan fingerprint density at radius 2 is 2.15 bits per heavy atom. The molecular formula is C17H21ClF3N3OS. The van der Waals surface area contributed by atoms with Crippen molar-refractivity contribution in [2.24, 2.45) is 5.92 Å². The van der Waals surface area contributed by atoms with Crippen LogP contribution < -0.4 is 10.6 Å². The summed E-state index contributed by atoms with van der Waals surface area (Å²) in [6.45, 7) is 0.272. The van der Waals surface area contributed by atoms with E-state index in [2.05, 4.69) is 10.6 Å². The molecule has 3 rings (SSSR count). The van der Waals surface area contributed by atoms with Crippen molar-refractivity contribution in [2.45, 2.75) is 30.0 Å². The topological polar surface area (TPSA) is 44.4 Å². The van der Waals surface area contributed by atoms with E-state index in [0.29, 0.717) is 31.1 Å². The van der Waals surface area contributed by atoms with Crippen LogP contribution in [0.2, 0.25) is 5.02 Å². The molecule has 0 radical (unpaired) electrons. The van der Waals surface area contributed by atoms with Gasteiger partial charge in [-0.15, -0.1) is 11.8 Å². The highest BCUT2D eigenvalue weighted by Crippen LogP contribution is 2.37. The number of amides is 2.